The highest BCUT2D eigenvalue weighted by Gasteiger charge is 2.45. The second kappa shape index (κ2) is 10.0. The van der Waals surface area contributed by atoms with Gasteiger partial charge in [-0.1, -0.05) is 6.07 Å². The van der Waals surface area contributed by atoms with Gasteiger partial charge >= 0.3 is 0 Å². The Bertz CT molecular complexity index is 1840. The number of piperidine rings is 1. The molecule has 0 amide bonds. The average Bonchev–Trinajstić information content (AvgIpc) is 3.00. The zero-order chi connectivity index (χ0) is 29.7. The van der Waals surface area contributed by atoms with Crippen LogP contribution in [0.4, 0.5) is 5.69 Å². The maximum Gasteiger partial charge on any atom is 0.295 e. The van der Waals surface area contributed by atoms with E-state index in [9.17, 15) is 21.4 Å². The van der Waals surface area contributed by atoms with Gasteiger partial charge in [-0.05, 0) is 105 Å². The molecule has 5 aliphatic heterocycles. The zero-order valence-corrected chi connectivity index (χ0v) is 26.5. The van der Waals surface area contributed by atoms with E-state index in [1.54, 1.807) is 6.07 Å². The predicted molar refractivity (Wildman–Crippen MR) is 168 cm³/mol. The van der Waals surface area contributed by atoms with Gasteiger partial charge in [-0.2, -0.15) is 21.0 Å². The molecule has 0 spiro atoms. The maximum absolute atomic E-state index is 13.0. The number of sulfone groups is 1. The highest BCUT2D eigenvalue weighted by molar-refractivity contribution is 8.03. The molecule has 6 aliphatic rings. The minimum absolute atomic E-state index is 0.177. The van der Waals surface area contributed by atoms with Gasteiger partial charge in [0.05, 0.1) is 9.98 Å². The van der Waals surface area contributed by atoms with E-state index in [-0.39, 0.29) is 11.1 Å². The van der Waals surface area contributed by atoms with E-state index in [1.165, 1.54) is 47.0 Å². The molecule has 228 valence electrons. The number of hydrogen-bond acceptors (Lipinski definition) is 8. The van der Waals surface area contributed by atoms with Crippen LogP contribution >= 0.6 is 12.6 Å². The van der Waals surface area contributed by atoms with Gasteiger partial charge in [0.2, 0.25) is 0 Å². The van der Waals surface area contributed by atoms with Crippen LogP contribution in [0.15, 0.2) is 50.9 Å². The van der Waals surface area contributed by atoms with E-state index in [4.69, 9.17) is 4.74 Å². The van der Waals surface area contributed by atoms with Gasteiger partial charge in [0.1, 0.15) is 10.6 Å². The predicted octanol–water partition coefficient (Wildman–Crippen LogP) is 5.37. The molecule has 8 rings (SSSR count). The van der Waals surface area contributed by atoms with Crippen molar-refractivity contribution in [3.63, 3.8) is 0 Å². The summed E-state index contributed by atoms with van der Waals surface area (Å²) in [5, 5.41) is -0.469. The SMILES string of the molecule is O=S(=O)(O)c1cc(S(=O)(=O)CS)ccc1C1=C2CC3=C4C(CCC3)CCCN4C2Oc2c1cc1c3c2CCCN3CCC1. The summed E-state index contributed by atoms with van der Waals surface area (Å²) < 4.78 is 69.2. The van der Waals surface area contributed by atoms with Gasteiger partial charge in [0.25, 0.3) is 10.1 Å². The molecule has 2 atom stereocenters. The molecule has 1 fully saturated rings. The molecule has 2 aromatic carbocycles. The zero-order valence-electron chi connectivity index (χ0n) is 24.0. The monoisotopic (exact) mass is 640 g/mol. The standard InChI is InChI=1S/C32H36N2O6S3/c35-42(36,18-41)22-10-11-23(27(17-22)43(37,38)39)28-25-15-21-8-2-12-33-13-4-9-24(30(21)33)31(25)40-32-26(28)16-20-6-1-5-19-7-3-14-34(32)29(19)20/h10-11,15,17,19,32,41H,1-9,12-14,16,18H2,(H,37,38,39). The second-order valence-corrected chi connectivity index (χ2v) is 16.9. The van der Waals surface area contributed by atoms with Crippen molar-refractivity contribution in [1.82, 2.24) is 4.90 Å². The fourth-order valence-electron chi connectivity index (χ4n) is 8.68. The van der Waals surface area contributed by atoms with E-state index < -0.39 is 29.9 Å². The Morgan fingerprint density at radius 2 is 1.72 bits per heavy atom. The van der Waals surface area contributed by atoms with Gasteiger partial charge in [-0.25, -0.2) is 8.42 Å². The lowest BCUT2D eigenvalue weighted by atomic mass is 9.74. The number of rotatable bonds is 4. The smallest absolute Gasteiger partial charge is 0.295 e. The van der Waals surface area contributed by atoms with Gasteiger partial charge < -0.3 is 14.5 Å². The number of ether oxygens (including phenoxy) is 1. The first-order valence-corrected chi connectivity index (χ1v) is 19.2. The maximum atomic E-state index is 13.0. The lowest BCUT2D eigenvalue weighted by Crippen LogP contribution is -2.50. The van der Waals surface area contributed by atoms with Gasteiger partial charge in [0, 0.05) is 53.3 Å². The van der Waals surface area contributed by atoms with Crippen LogP contribution in [0.1, 0.15) is 73.6 Å². The number of allylic oxidation sites excluding steroid dienone is 2. The Labute approximate surface area is 258 Å². The van der Waals surface area contributed by atoms with Crippen molar-refractivity contribution in [1.29, 1.82) is 0 Å². The van der Waals surface area contributed by atoms with Crippen molar-refractivity contribution in [2.24, 2.45) is 5.92 Å². The third-order valence-electron chi connectivity index (χ3n) is 10.3. The summed E-state index contributed by atoms with van der Waals surface area (Å²) >= 11 is 3.96. The van der Waals surface area contributed by atoms with E-state index in [0.717, 1.165) is 93.1 Å². The van der Waals surface area contributed by atoms with Crippen molar-refractivity contribution >= 4 is 43.8 Å². The molecule has 43 heavy (non-hydrogen) atoms. The Balaban J connectivity index is 1.44. The number of hydrogen-bond donors (Lipinski definition) is 2. The van der Waals surface area contributed by atoms with E-state index >= 15 is 0 Å². The third-order valence-corrected chi connectivity index (χ3v) is 13.6. The number of aryl methyl sites for hydroxylation is 1. The summed E-state index contributed by atoms with van der Waals surface area (Å²) in [5.74, 6) is 1.34. The highest BCUT2D eigenvalue weighted by atomic mass is 32.2. The molecule has 5 heterocycles. The van der Waals surface area contributed by atoms with Gasteiger partial charge in [-0.3, -0.25) is 4.55 Å². The minimum atomic E-state index is -4.78. The fourth-order valence-corrected chi connectivity index (χ4v) is 10.6. The average molecular weight is 641 g/mol. The van der Waals surface area contributed by atoms with Crippen LogP contribution in [0.2, 0.25) is 0 Å². The first-order chi connectivity index (χ1) is 20.7. The first kappa shape index (κ1) is 28.0. The van der Waals surface area contributed by atoms with Crippen molar-refractivity contribution < 1.29 is 26.1 Å². The summed E-state index contributed by atoms with van der Waals surface area (Å²) in [7, 11) is -8.62. The van der Waals surface area contributed by atoms with Gasteiger partial charge in [0.15, 0.2) is 16.1 Å². The molecular formula is C32H36N2O6S3. The van der Waals surface area contributed by atoms with Crippen molar-refractivity contribution in [2.45, 2.75) is 80.2 Å². The van der Waals surface area contributed by atoms with Crippen LogP contribution in [0.3, 0.4) is 0 Å². The Morgan fingerprint density at radius 3 is 2.51 bits per heavy atom. The van der Waals surface area contributed by atoms with Crippen molar-refractivity contribution in [3.8, 4) is 5.75 Å². The quantitative estimate of drug-likeness (QED) is 0.340. The van der Waals surface area contributed by atoms with Gasteiger partial charge in [-0.15, -0.1) is 0 Å². The summed E-state index contributed by atoms with van der Waals surface area (Å²) in [5.41, 5.74) is 9.47. The summed E-state index contributed by atoms with van der Waals surface area (Å²) in [6.07, 6.45) is 9.81. The largest absolute Gasteiger partial charge is 0.466 e. The number of anilines is 1. The third kappa shape index (κ3) is 4.32. The molecule has 2 aromatic rings. The second-order valence-electron chi connectivity index (χ2n) is 12.8. The van der Waals surface area contributed by atoms with Crippen LogP contribution in [0, 0.1) is 5.92 Å². The molecule has 11 heteroatoms. The van der Waals surface area contributed by atoms with Crippen LogP contribution in [-0.2, 0) is 32.8 Å². The molecule has 1 N–H and O–H groups in total. The Hall–Kier alpha value is -2.47. The van der Waals surface area contributed by atoms with Crippen LogP contribution in [-0.4, -0.2) is 57.2 Å². The summed E-state index contributed by atoms with van der Waals surface area (Å²) in [6, 6.07) is 6.29. The Kier molecular flexibility index (Phi) is 6.53. The van der Waals surface area contributed by atoms with E-state index in [1.807, 2.05) is 0 Å². The number of benzene rings is 2. The van der Waals surface area contributed by atoms with Crippen LogP contribution < -0.4 is 9.64 Å². The molecule has 1 aliphatic carbocycles. The molecule has 1 saturated heterocycles. The summed E-state index contributed by atoms with van der Waals surface area (Å²) in [6.45, 7) is 2.92. The highest BCUT2D eigenvalue weighted by Crippen LogP contribution is 2.55. The topological polar surface area (TPSA) is 104 Å². The summed E-state index contributed by atoms with van der Waals surface area (Å²) in [4.78, 5) is 4.34. The number of fused-ring (bicyclic) bond motifs is 4. The van der Waals surface area contributed by atoms with E-state index in [0.29, 0.717) is 17.9 Å². The molecule has 2 unspecified atom stereocenters. The lowest BCUT2D eigenvalue weighted by molar-refractivity contribution is 0.0367. The lowest BCUT2D eigenvalue weighted by Gasteiger charge is -2.51. The molecule has 8 nitrogen and oxygen atoms in total. The molecule has 0 saturated carbocycles. The molecule has 0 bridgehead atoms. The number of nitrogens with zero attached hydrogens (tertiary/aromatic N) is 2. The van der Waals surface area contributed by atoms with Crippen LogP contribution in [0.5, 0.6) is 5.75 Å². The fraction of sp³-hybridized carbons (Fsp3) is 0.500. The van der Waals surface area contributed by atoms with Crippen LogP contribution in [0.25, 0.3) is 5.57 Å². The number of thiol groups is 1. The minimum Gasteiger partial charge on any atom is -0.466 e. The molecular weight excluding hydrogens is 605 g/mol. The molecule has 0 aromatic heterocycles. The van der Waals surface area contributed by atoms with E-state index in [2.05, 4.69) is 28.5 Å². The Morgan fingerprint density at radius 1 is 0.930 bits per heavy atom. The normalized spacial score (nSPS) is 24.6. The van der Waals surface area contributed by atoms with Crippen molar-refractivity contribution in [3.05, 3.63) is 63.4 Å². The first-order valence-electron chi connectivity index (χ1n) is 15.4. The van der Waals surface area contributed by atoms with Crippen molar-refractivity contribution in [2.75, 3.05) is 29.6 Å². The molecule has 0 radical (unpaired) electrons.